The third-order valence-electron chi connectivity index (χ3n) is 3.02. The molecule has 2 heterocycles. The molecule has 0 radical (unpaired) electrons. The van der Waals surface area contributed by atoms with Crippen LogP contribution in [0.3, 0.4) is 0 Å². The van der Waals surface area contributed by atoms with Crippen LogP contribution in [0, 0.1) is 5.92 Å². The number of likely N-dealkylation sites (tertiary alicyclic amines) is 1. The summed E-state index contributed by atoms with van der Waals surface area (Å²) in [5, 5.41) is 6.80. The van der Waals surface area contributed by atoms with E-state index in [4.69, 9.17) is 0 Å². The topological polar surface area (TPSA) is 28.2 Å². The van der Waals surface area contributed by atoms with Gasteiger partial charge in [-0.25, -0.2) is 4.98 Å². The fourth-order valence-corrected chi connectivity index (χ4v) is 2.74. The molecule has 0 aliphatic carbocycles. The van der Waals surface area contributed by atoms with E-state index in [1.54, 1.807) is 11.3 Å². The fourth-order valence-electron chi connectivity index (χ4n) is 2.07. The van der Waals surface area contributed by atoms with Crippen molar-refractivity contribution < 1.29 is 0 Å². The first-order valence-corrected chi connectivity index (χ1v) is 6.45. The van der Waals surface area contributed by atoms with Crippen molar-refractivity contribution in [1.82, 2.24) is 15.2 Å². The van der Waals surface area contributed by atoms with Gasteiger partial charge in [-0.15, -0.1) is 11.3 Å². The molecule has 2 atom stereocenters. The Hall–Kier alpha value is -0.450. The highest BCUT2D eigenvalue weighted by atomic mass is 32.1. The molecular weight excluding hydrogens is 206 g/mol. The average Bonchev–Trinajstić information content (AvgIpc) is 2.84. The maximum atomic E-state index is 4.32. The maximum Gasteiger partial charge on any atom is 0.109 e. The number of thiazole rings is 1. The third-order valence-corrected chi connectivity index (χ3v) is 3.98. The molecule has 0 aromatic carbocycles. The SMILES string of the molecule is CC(NCC1CCN(C)C1)c1nccs1. The molecule has 0 spiro atoms. The molecule has 1 aliphatic heterocycles. The Bertz CT molecular complexity index is 286. The molecule has 0 bridgehead atoms. The van der Waals surface area contributed by atoms with Gasteiger partial charge in [-0.1, -0.05) is 0 Å². The van der Waals surface area contributed by atoms with Crippen molar-refractivity contribution in [3.63, 3.8) is 0 Å². The summed E-state index contributed by atoms with van der Waals surface area (Å²) < 4.78 is 0. The summed E-state index contributed by atoms with van der Waals surface area (Å²) >= 11 is 1.73. The van der Waals surface area contributed by atoms with Gasteiger partial charge in [0.1, 0.15) is 5.01 Å². The number of rotatable bonds is 4. The molecule has 0 saturated carbocycles. The zero-order chi connectivity index (χ0) is 10.7. The quantitative estimate of drug-likeness (QED) is 0.846. The Morgan fingerprint density at radius 2 is 2.60 bits per heavy atom. The highest BCUT2D eigenvalue weighted by molar-refractivity contribution is 7.09. The minimum atomic E-state index is 0.399. The third kappa shape index (κ3) is 3.00. The molecule has 1 aromatic rings. The second-order valence-electron chi connectivity index (χ2n) is 4.42. The Kier molecular flexibility index (Phi) is 3.72. The van der Waals surface area contributed by atoms with Gasteiger partial charge in [0.15, 0.2) is 0 Å². The summed E-state index contributed by atoms with van der Waals surface area (Å²) in [5.74, 6) is 0.817. The van der Waals surface area contributed by atoms with E-state index in [0.717, 1.165) is 12.5 Å². The number of nitrogens with zero attached hydrogens (tertiary/aromatic N) is 2. The molecule has 1 aromatic heterocycles. The first-order chi connectivity index (χ1) is 7.25. The van der Waals surface area contributed by atoms with Gasteiger partial charge < -0.3 is 10.2 Å². The minimum absolute atomic E-state index is 0.399. The minimum Gasteiger partial charge on any atom is -0.308 e. The Balaban J connectivity index is 1.74. The predicted molar refractivity (Wildman–Crippen MR) is 64.1 cm³/mol. The molecule has 4 heteroatoms. The summed E-state index contributed by atoms with van der Waals surface area (Å²) in [4.78, 5) is 6.73. The standard InChI is InChI=1S/C11H19N3S/c1-9(11-12-4-6-15-11)13-7-10-3-5-14(2)8-10/h4,6,9-10,13H,3,5,7-8H2,1-2H3. The summed E-state index contributed by atoms with van der Waals surface area (Å²) in [6, 6.07) is 0.399. The first kappa shape index (κ1) is 11.0. The van der Waals surface area contributed by atoms with Crippen LogP contribution in [-0.4, -0.2) is 36.6 Å². The van der Waals surface area contributed by atoms with Crippen LogP contribution in [0.15, 0.2) is 11.6 Å². The second-order valence-corrected chi connectivity index (χ2v) is 5.34. The van der Waals surface area contributed by atoms with Crippen LogP contribution in [0.2, 0.25) is 0 Å². The molecule has 2 unspecified atom stereocenters. The summed E-state index contributed by atoms with van der Waals surface area (Å²) in [7, 11) is 2.20. The van der Waals surface area contributed by atoms with Gasteiger partial charge in [0.25, 0.3) is 0 Å². The largest absolute Gasteiger partial charge is 0.308 e. The van der Waals surface area contributed by atoms with Crippen molar-refractivity contribution in [2.45, 2.75) is 19.4 Å². The van der Waals surface area contributed by atoms with Gasteiger partial charge in [0.2, 0.25) is 0 Å². The lowest BCUT2D eigenvalue weighted by Crippen LogP contribution is -2.27. The monoisotopic (exact) mass is 225 g/mol. The zero-order valence-electron chi connectivity index (χ0n) is 9.44. The van der Waals surface area contributed by atoms with E-state index in [1.165, 1.54) is 24.5 Å². The van der Waals surface area contributed by atoms with Crippen LogP contribution >= 0.6 is 11.3 Å². The van der Waals surface area contributed by atoms with E-state index in [0.29, 0.717) is 6.04 Å². The molecule has 3 nitrogen and oxygen atoms in total. The summed E-state index contributed by atoms with van der Waals surface area (Å²) in [5.41, 5.74) is 0. The Morgan fingerprint density at radius 1 is 1.73 bits per heavy atom. The second kappa shape index (κ2) is 5.05. The Morgan fingerprint density at radius 3 is 3.20 bits per heavy atom. The average molecular weight is 225 g/mol. The van der Waals surface area contributed by atoms with Crippen molar-refractivity contribution in [3.8, 4) is 0 Å². The number of aromatic nitrogens is 1. The molecule has 0 amide bonds. The number of hydrogen-bond acceptors (Lipinski definition) is 4. The summed E-state index contributed by atoms with van der Waals surface area (Å²) in [6.45, 7) is 5.79. The van der Waals surface area contributed by atoms with Crippen molar-refractivity contribution in [3.05, 3.63) is 16.6 Å². The van der Waals surface area contributed by atoms with E-state index in [9.17, 15) is 0 Å². The van der Waals surface area contributed by atoms with E-state index >= 15 is 0 Å². The predicted octanol–water partition coefficient (Wildman–Crippen LogP) is 1.75. The molecule has 84 valence electrons. The molecule has 2 rings (SSSR count). The highest BCUT2D eigenvalue weighted by Crippen LogP contribution is 2.17. The van der Waals surface area contributed by atoms with Gasteiger partial charge in [0.05, 0.1) is 6.04 Å². The smallest absolute Gasteiger partial charge is 0.109 e. The van der Waals surface area contributed by atoms with E-state index in [2.05, 4.69) is 29.2 Å². The lowest BCUT2D eigenvalue weighted by atomic mass is 10.1. The van der Waals surface area contributed by atoms with Crippen LogP contribution in [-0.2, 0) is 0 Å². The highest BCUT2D eigenvalue weighted by Gasteiger charge is 2.20. The van der Waals surface area contributed by atoms with Gasteiger partial charge in [-0.2, -0.15) is 0 Å². The molecule has 1 fully saturated rings. The van der Waals surface area contributed by atoms with Gasteiger partial charge >= 0.3 is 0 Å². The molecule has 1 saturated heterocycles. The van der Waals surface area contributed by atoms with Crippen LogP contribution in [0.1, 0.15) is 24.4 Å². The summed E-state index contributed by atoms with van der Waals surface area (Å²) in [6.07, 6.45) is 3.20. The molecular formula is C11H19N3S. The molecule has 1 aliphatic rings. The van der Waals surface area contributed by atoms with Crippen molar-refractivity contribution in [2.75, 3.05) is 26.7 Å². The molecule has 15 heavy (non-hydrogen) atoms. The van der Waals surface area contributed by atoms with E-state index in [1.807, 2.05) is 11.6 Å². The lowest BCUT2D eigenvalue weighted by Gasteiger charge is -2.15. The van der Waals surface area contributed by atoms with E-state index in [-0.39, 0.29) is 0 Å². The van der Waals surface area contributed by atoms with Crippen LogP contribution in [0.5, 0.6) is 0 Å². The van der Waals surface area contributed by atoms with Crippen molar-refractivity contribution >= 4 is 11.3 Å². The number of hydrogen-bond donors (Lipinski definition) is 1. The normalized spacial score (nSPS) is 24.5. The first-order valence-electron chi connectivity index (χ1n) is 5.57. The van der Waals surface area contributed by atoms with Gasteiger partial charge in [-0.05, 0) is 39.4 Å². The van der Waals surface area contributed by atoms with Crippen molar-refractivity contribution in [2.24, 2.45) is 5.92 Å². The fraction of sp³-hybridized carbons (Fsp3) is 0.727. The maximum absolute atomic E-state index is 4.32. The molecule has 1 N–H and O–H groups in total. The van der Waals surface area contributed by atoms with Crippen molar-refractivity contribution in [1.29, 1.82) is 0 Å². The van der Waals surface area contributed by atoms with E-state index < -0.39 is 0 Å². The van der Waals surface area contributed by atoms with Crippen LogP contribution in [0.4, 0.5) is 0 Å². The van der Waals surface area contributed by atoms with Gasteiger partial charge in [-0.3, -0.25) is 0 Å². The lowest BCUT2D eigenvalue weighted by molar-refractivity contribution is 0.382. The zero-order valence-corrected chi connectivity index (χ0v) is 10.3. The van der Waals surface area contributed by atoms with Gasteiger partial charge in [0, 0.05) is 18.1 Å². The number of nitrogens with one attached hydrogen (secondary N) is 1. The Labute approximate surface area is 95.5 Å². The van der Waals surface area contributed by atoms with Crippen LogP contribution in [0.25, 0.3) is 0 Å². The van der Waals surface area contributed by atoms with Crippen LogP contribution < -0.4 is 5.32 Å².